The number of anilines is 1. The van der Waals surface area contributed by atoms with Gasteiger partial charge < -0.3 is 9.72 Å². The minimum absolute atomic E-state index is 0.0275. The highest BCUT2D eigenvalue weighted by Gasteiger charge is 2.28. The van der Waals surface area contributed by atoms with E-state index in [2.05, 4.69) is 15.0 Å². The Kier molecular flexibility index (Phi) is 4.01. The maximum absolute atomic E-state index is 12.5. The lowest BCUT2D eigenvalue weighted by Crippen LogP contribution is -2.25. The topological polar surface area (TPSA) is 92.6 Å². The number of pyridine rings is 1. The molecule has 134 valence electrons. The number of hydrogen-bond donors (Lipinski definition) is 2. The van der Waals surface area contributed by atoms with E-state index in [-0.39, 0.29) is 16.6 Å². The number of carbonyl (C=O) groups excluding carboxylic acids is 1. The van der Waals surface area contributed by atoms with Crippen LogP contribution in [0.4, 0.5) is 5.69 Å². The van der Waals surface area contributed by atoms with Gasteiger partial charge >= 0.3 is 0 Å². The minimum atomic E-state index is -3.57. The summed E-state index contributed by atoms with van der Waals surface area (Å²) in [7, 11) is -3.57. The molecule has 2 aromatic heterocycles. The first kappa shape index (κ1) is 16.7. The molecule has 3 aromatic rings. The Morgan fingerprint density at radius 2 is 2.04 bits per heavy atom. The summed E-state index contributed by atoms with van der Waals surface area (Å²) < 4.78 is 29.0. The van der Waals surface area contributed by atoms with E-state index in [0.717, 1.165) is 18.4 Å². The van der Waals surface area contributed by atoms with E-state index in [1.165, 1.54) is 12.1 Å². The third kappa shape index (κ3) is 3.47. The van der Waals surface area contributed by atoms with Crippen molar-refractivity contribution in [2.75, 3.05) is 5.32 Å². The van der Waals surface area contributed by atoms with Crippen molar-refractivity contribution >= 4 is 27.3 Å². The smallest absolute Gasteiger partial charge is 0.275 e. The van der Waals surface area contributed by atoms with Crippen LogP contribution in [-0.4, -0.2) is 29.8 Å². The molecule has 1 fully saturated rings. The standard InChI is InChI=1S/C18H18N4O3S/c1-12-7-8-22-11-16(20-17(22)9-12)18(23)19-14-3-2-4-15(10-14)26(24,25)21-13-5-6-13/h2-4,7-11,13,21H,5-6H2,1H3,(H,19,23). The van der Waals surface area contributed by atoms with Crippen molar-refractivity contribution in [2.45, 2.75) is 30.7 Å². The Bertz CT molecular complexity index is 1100. The van der Waals surface area contributed by atoms with Gasteiger partial charge in [0.05, 0.1) is 4.90 Å². The Morgan fingerprint density at radius 3 is 2.81 bits per heavy atom. The number of carbonyl (C=O) groups is 1. The number of sulfonamides is 1. The van der Waals surface area contributed by atoms with Crippen LogP contribution in [0.25, 0.3) is 5.65 Å². The molecule has 0 aliphatic heterocycles. The Labute approximate surface area is 151 Å². The Balaban J connectivity index is 1.56. The fraction of sp³-hybridized carbons (Fsp3) is 0.222. The molecule has 1 aromatic carbocycles. The van der Waals surface area contributed by atoms with Crippen molar-refractivity contribution in [3.63, 3.8) is 0 Å². The molecule has 0 bridgehead atoms. The Morgan fingerprint density at radius 1 is 1.23 bits per heavy atom. The molecule has 2 heterocycles. The highest BCUT2D eigenvalue weighted by Crippen LogP contribution is 2.23. The number of aryl methyl sites for hydroxylation is 1. The fourth-order valence-corrected chi connectivity index (χ4v) is 3.97. The van der Waals surface area contributed by atoms with Crippen LogP contribution in [0.2, 0.25) is 0 Å². The lowest BCUT2D eigenvalue weighted by Gasteiger charge is -2.08. The first-order valence-corrected chi connectivity index (χ1v) is 9.78. The average Bonchev–Trinajstić information content (AvgIpc) is 3.29. The monoisotopic (exact) mass is 370 g/mol. The second-order valence-corrected chi connectivity index (χ2v) is 8.19. The van der Waals surface area contributed by atoms with Gasteiger partial charge in [0.2, 0.25) is 10.0 Å². The predicted octanol–water partition coefficient (Wildman–Crippen LogP) is 2.34. The second-order valence-electron chi connectivity index (χ2n) is 6.47. The van der Waals surface area contributed by atoms with Gasteiger partial charge in [-0.15, -0.1) is 0 Å². The van der Waals surface area contributed by atoms with Crippen LogP contribution in [-0.2, 0) is 10.0 Å². The van der Waals surface area contributed by atoms with E-state index < -0.39 is 15.9 Å². The van der Waals surface area contributed by atoms with E-state index in [0.29, 0.717) is 11.3 Å². The SMILES string of the molecule is Cc1ccn2cc(C(=O)Nc3cccc(S(=O)(=O)NC4CC4)c3)nc2c1. The summed E-state index contributed by atoms with van der Waals surface area (Å²) in [5.41, 5.74) is 2.40. The van der Waals surface area contributed by atoms with Crippen LogP contribution in [0.5, 0.6) is 0 Å². The van der Waals surface area contributed by atoms with Crippen LogP contribution in [0, 0.1) is 6.92 Å². The van der Waals surface area contributed by atoms with Crippen LogP contribution in [0.3, 0.4) is 0 Å². The summed E-state index contributed by atoms with van der Waals surface area (Å²) >= 11 is 0. The number of fused-ring (bicyclic) bond motifs is 1. The third-order valence-electron chi connectivity index (χ3n) is 4.15. The van der Waals surface area contributed by atoms with Gasteiger partial charge in [0.25, 0.3) is 5.91 Å². The van der Waals surface area contributed by atoms with Gasteiger partial charge in [0.1, 0.15) is 11.3 Å². The van der Waals surface area contributed by atoms with E-state index in [4.69, 9.17) is 0 Å². The molecule has 7 nitrogen and oxygen atoms in total. The van der Waals surface area contributed by atoms with Crippen LogP contribution in [0.15, 0.2) is 53.7 Å². The number of nitrogens with zero attached hydrogens (tertiary/aromatic N) is 2. The molecule has 26 heavy (non-hydrogen) atoms. The van der Waals surface area contributed by atoms with Gasteiger partial charge in [0.15, 0.2) is 0 Å². The van der Waals surface area contributed by atoms with E-state index in [1.807, 2.05) is 25.3 Å². The van der Waals surface area contributed by atoms with Gasteiger partial charge in [-0.05, 0) is 55.7 Å². The molecule has 0 spiro atoms. The van der Waals surface area contributed by atoms with Crippen molar-refractivity contribution in [3.8, 4) is 0 Å². The van der Waals surface area contributed by atoms with Crippen molar-refractivity contribution in [1.82, 2.24) is 14.1 Å². The summed E-state index contributed by atoms with van der Waals surface area (Å²) in [4.78, 5) is 16.9. The van der Waals surface area contributed by atoms with Crippen LogP contribution in [0.1, 0.15) is 28.9 Å². The summed E-state index contributed by atoms with van der Waals surface area (Å²) in [5.74, 6) is -0.393. The fourth-order valence-electron chi connectivity index (χ4n) is 2.62. The van der Waals surface area contributed by atoms with E-state index in [1.54, 1.807) is 22.7 Å². The summed E-state index contributed by atoms with van der Waals surface area (Å²) in [6, 6.07) is 10.0. The van der Waals surface area contributed by atoms with Gasteiger partial charge in [-0.2, -0.15) is 0 Å². The number of imidazole rings is 1. The number of hydrogen-bond acceptors (Lipinski definition) is 4. The van der Waals surface area contributed by atoms with E-state index in [9.17, 15) is 13.2 Å². The molecule has 8 heteroatoms. The largest absolute Gasteiger partial charge is 0.321 e. The van der Waals surface area contributed by atoms with Gasteiger partial charge in [-0.3, -0.25) is 4.79 Å². The number of aromatic nitrogens is 2. The molecular weight excluding hydrogens is 352 g/mol. The van der Waals surface area contributed by atoms with Crippen molar-refractivity contribution < 1.29 is 13.2 Å². The molecular formula is C18H18N4O3S. The third-order valence-corrected chi connectivity index (χ3v) is 5.67. The van der Waals surface area contributed by atoms with Crippen LogP contribution < -0.4 is 10.0 Å². The summed E-state index contributed by atoms with van der Waals surface area (Å²) in [5, 5.41) is 2.71. The molecule has 0 unspecified atom stereocenters. The summed E-state index contributed by atoms with van der Waals surface area (Å²) in [6.07, 6.45) is 5.20. The lowest BCUT2D eigenvalue weighted by atomic mass is 10.3. The quantitative estimate of drug-likeness (QED) is 0.721. The van der Waals surface area contributed by atoms with Gasteiger partial charge in [0, 0.05) is 24.1 Å². The molecule has 1 amide bonds. The van der Waals surface area contributed by atoms with Crippen molar-refractivity contribution in [1.29, 1.82) is 0 Å². The summed E-state index contributed by atoms with van der Waals surface area (Å²) in [6.45, 7) is 1.95. The number of rotatable bonds is 5. The first-order chi connectivity index (χ1) is 12.4. The number of nitrogens with one attached hydrogen (secondary N) is 2. The first-order valence-electron chi connectivity index (χ1n) is 8.30. The molecule has 0 radical (unpaired) electrons. The van der Waals surface area contributed by atoms with E-state index >= 15 is 0 Å². The Hall–Kier alpha value is -2.71. The predicted molar refractivity (Wildman–Crippen MR) is 97.7 cm³/mol. The van der Waals surface area contributed by atoms with Gasteiger partial charge in [-0.25, -0.2) is 18.1 Å². The second kappa shape index (κ2) is 6.22. The molecule has 2 N–H and O–H groups in total. The van der Waals surface area contributed by atoms with Crippen molar-refractivity contribution in [2.24, 2.45) is 0 Å². The molecule has 4 rings (SSSR count). The number of amides is 1. The maximum Gasteiger partial charge on any atom is 0.275 e. The maximum atomic E-state index is 12.5. The molecule has 1 aliphatic carbocycles. The normalized spacial score (nSPS) is 14.5. The lowest BCUT2D eigenvalue weighted by molar-refractivity contribution is 0.102. The van der Waals surface area contributed by atoms with Crippen molar-refractivity contribution in [3.05, 3.63) is 60.0 Å². The molecule has 0 atom stereocenters. The average molecular weight is 370 g/mol. The number of benzene rings is 1. The molecule has 0 saturated heterocycles. The zero-order valence-corrected chi connectivity index (χ0v) is 15.0. The highest BCUT2D eigenvalue weighted by atomic mass is 32.2. The zero-order chi connectivity index (χ0) is 18.3. The van der Waals surface area contributed by atoms with Crippen LogP contribution >= 0.6 is 0 Å². The highest BCUT2D eigenvalue weighted by molar-refractivity contribution is 7.89. The zero-order valence-electron chi connectivity index (χ0n) is 14.1. The van der Waals surface area contributed by atoms with Gasteiger partial charge in [-0.1, -0.05) is 6.07 Å². The minimum Gasteiger partial charge on any atom is -0.321 e. The molecule has 1 aliphatic rings. The molecule has 1 saturated carbocycles.